The summed E-state index contributed by atoms with van der Waals surface area (Å²) in [7, 11) is 1.73. The summed E-state index contributed by atoms with van der Waals surface area (Å²) < 4.78 is 1.94. The van der Waals surface area contributed by atoms with E-state index in [0.29, 0.717) is 19.0 Å². The van der Waals surface area contributed by atoms with Crippen LogP contribution in [0.5, 0.6) is 0 Å². The van der Waals surface area contributed by atoms with Gasteiger partial charge in [0.25, 0.3) is 0 Å². The molecule has 0 saturated heterocycles. The molecule has 0 amide bonds. The van der Waals surface area contributed by atoms with Gasteiger partial charge in [0.05, 0.1) is 6.54 Å². The average Bonchev–Trinajstić information content (AvgIpc) is 3.00. The van der Waals surface area contributed by atoms with E-state index in [0.717, 1.165) is 22.1 Å². The highest BCUT2D eigenvalue weighted by Crippen LogP contribution is 2.14. The Bertz CT molecular complexity index is 832. The first-order valence-corrected chi connectivity index (χ1v) is 7.62. The maximum absolute atomic E-state index is 6.15. The zero-order valence-electron chi connectivity index (χ0n) is 13.1. The standard InChI is InChI=1S/C16H17ClN6.HI/c1-18-16(19-10-12-6-2-3-7-13(12)17)20-11-15-22-21-14-8-4-5-9-23(14)15;/h2-9H,10-11H2,1H3,(H2,18,19,20);1H. The van der Waals surface area contributed by atoms with Gasteiger partial charge >= 0.3 is 0 Å². The SMILES string of the molecule is CN=C(NCc1ccccc1Cl)NCc1nnc2ccccn12.I. The highest BCUT2D eigenvalue weighted by Gasteiger charge is 2.06. The number of halogens is 2. The maximum atomic E-state index is 6.15. The molecule has 2 heterocycles. The number of guanidine groups is 1. The molecule has 0 aliphatic rings. The van der Waals surface area contributed by atoms with E-state index >= 15 is 0 Å². The monoisotopic (exact) mass is 456 g/mol. The molecule has 0 unspecified atom stereocenters. The van der Waals surface area contributed by atoms with Crippen molar-refractivity contribution in [1.29, 1.82) is 0 Å². The molecule has 8 heteroatoms. The molecule has 0 atom stereocenters. The van der Waals surface area contributed by atoms with Crippen molar-refractivity contribution in [3.63, 3.8) is 0 Å². The molecular weight excluding hydrogens is 439 g/mol. The number of hydrogen-bond donors (Lipinski definition) is 2. The number of hydrogen-bond acceptors (Lipinski definition) is 3. The van der Waals surface area contributed by atoms with Crippen LogP contribution >= 0.6 is 35.6 Å². The number of aromatic nitrogens is 3. The predicted octanol–water partition coefficient (Wildman–Crippen LogP) is 2.87. The molecule has 2 aromatic heterocycles. The summed E-state index contributed by atoms with van der Waals surface area (Å²) in [6.07, 6.45) is 1.94. The molecule has 0 radical (unpaired) electrons. The molecule has 0 fully saturated rings. The van der Waals surface area contributed by atoms with Gasteiger partial charge < -0.3 is 10.6 Å². The molecular formula is C16H18ClIN6. The average molecular weight is 457 g/mol. The fraction of sp³-hybridized carbons (Fsp3) is 0.188. The van der Waals surface area contributed by atoms with Crippen LogP contribution in [0.15, 0.2) is 53.7 Å². The predicted molar refractivity (Wildman–Crippen MR) is 107 cm³/mol. The fourth-order valence-corrected chi connectivity index (χ4v) is 2.42. The molecule has 0 spiro atoms. The Morgan fingerprint density at radius 3 is 2.62 bits per heavy atom. The Labute approximate surface area is 162 Å². The third kappa shape index (κ3) is 4.35. The quantitative estimate of drug-likeness (QED) is 0.360. The van der Waals surface area contributed by atoms with Gasteiger partial charge in [-0.25, -0.2) is 0 Å². The molecule has 6 nitrogen and oxygen atoms in total. The van der Waals surface area contributed by atoms with Crippen molar-refractivity contribution in [3.8, 4) is 0 Å². The van der Waals surface area contributed by atoms with Gasteiger partial charge in [-0.3, -0.25) is 9.39 Å². The number of nitrogens with one attached hydrogen (secondary N) is 2. The van der Waals surface area contributed by atoms with Crippen molar-refractivity contribution in [2.24, 2.45) is 4.99 Å². The van der Waals surface area contributed by atoms with Gasteiger partial charge in [0.2, 0.25) is 0 Å². The van der Waals surface area contributed by atoms with Crippen LogP contribution in [-0.4, -0.2) is 27.6 Å². The van der Waals surface area contributed by atoms with Gasteiger partial charge in [0.15, 0.2) is 17.4 Å². The van der Waals surface area contributed by atoms with Gasteiger partial charge in [0, 0.05) is 24.8 Å². The Hall–Kier alpha value is -1.87. The third-order valence-electron chi connectivity index (χ3n) is 3.43. The minimum atomic E-state index is 0. The maximum Gasteiger partial charge on any atom is 0.191 e. The third-order valence-corrected chi connectivity index (χ3v) is 3.79. The number of rotatable bonds is 4. The van der Waals surface area contributed by atoms with Gasteiger partial charge in [-0.2, -0.15) is 0 Å². The zero-order valence-corrected chi connectivity index (χ0v) is 16.2. The van der Waals surface area contributed by atoms with Gasteiger partial charge in [-0.15, -0.1) is 34.2 Å². The van der Waals surface area contributed by atoms with Crippen LogP contribution in [-0.2, 0) is 13.1 Å². The fourth-order valence-electron chi connectivity index (χ4n) is 2.22. The molecule has 3 rings (SSSR count). The van der Waals surface area contributed by atoms with Crippen LogP contribution in [0.4, 0.5) is 0 Å². The Balaban J connectivity index is 0.00000208. The lowest BCUT2D eigenvalue weighted by molar-refractivity contribution is 0.763. The van der Waals surface area contributed by atoms with Crippen LogP contribution in [0.25, 0.3) is 5.65 Å². The minimum absolute atomic E-state index is 0. The Morgan fingerprint density at radius 2 is 1.83 bits per heavy atom. The number of benzene rings is 1. The summed E-state index contributed by atoms with van der Waals surface area (Å²) in [5.74, 6) is 1.50. The molecule has 3 aromatic rings. The minimum Gasteiger partial charge on any atom is -0.352 e. The lowest BCUT2D eigenvalue weighted by atomic mass is 10.2. The molecule has 0 bridgehead atoms. The molecule has 0 aliphatic carbocycles. The number of fused-ring (bicyclic) bond motifs is 1. The largest absolute Gasteiger partial charge is 0.352 e. The second-order valence-corrected chi connectivity index (χ2v) is 5.32. The number of pyridine rings is 1. The summed E-state index contributed by atoms with van der Waals surface area (Å²) in [6.45, 7) is 1.12. The summed E-state index contributed by atoms with van der Waals surface area (Å²) in [5, 5.41) is 15.5. The number of aliphatic imine (C=N–C) groups is 1. The molecule has 0 saturated carbocycles. The first kappa shape index (κ1) is 18.5. The van der Waals surface area contributed by atoms with Gasteiger partial charge in [-0.05, 0) is 23.8 Å². The lowest BCUT2D eigenvalue weighted by Gasteiger charge is -2.12. The van der Waals surface area contributed by atoms with Crippen molar-refractivity contribution in [2.75, 3.05) is 7.05 Å². The highest BCUT2D eigenvalue weighted by atomic mass is 127. The van der Waals surface area contributed by atoms with Crippen LogP contribution in [0.1, 0.15) is 11.4 Å². The number of nitrogens with zero attached hydrogens (tertiary/aromatic N) is 4. The Morgan fingerprint density at radius 1 is 1.08 bits per heavy atom. The highest BCUT2D eigenvalue weighted by molar-refractivity contribution is 14.0. The smallest absolute Gasteiger partial charge is 0.191 e. The summed E-state index contributed by atoms with van der Waals surface area (Å²) >= 11 is 6.15. The van der Waals surface area contributed by atoms with E-state index < -0.39 is 0 Å². The van der Waals surface area contributed by atoms with Gasteiger partial charge in [0.1, 0.15) is 0 Å². The van der Waals surface area contributed by atoms with E-state index in [2.05, 4.69) is 25.8 Å². The molecule has 1 aromatic carbocycles. The van der Waals surface area contributed by atoms with Crippen molar-refractivity contribution in [2.45, 2.75) is 13.1 Å². The zero-order chi connectivity index (χ0) is 16.1. The molecule has 24 heavy (non-hydrogen) atoms. The van der Waals surface area contributed by atoms with Gasteiger partial charge in [-0.1, -0.05) is 35.9 Å². The lowest BCUT2D eigenvalue weighted by Crippen LogP contribution is -2.36. The van der Waals surface area contributed by atoms with Crippen LogP contribution in [0, 0.1) is 0 Å². The first-order valence-electron chi connectivity index (χ1n) is 7.24. The van der Waals surface area contributed by atoms with Crippen molar-refractivity contribution in [3.05, 3.63) is 65.1 Å². The second-order valence-electron chi connectivity index (χ2n) is 4.92. The van der Waals surface area contributed by atoms with Crippen LogP contribution in [0.3, 0.4) is 0 Å². The van der Waals surface area contributed by atoms with E-state index in [1.807, 2.05) is 53.1 Å². The van der Waals surface area contributed by atoms with Crippen molar-refractivity contribution >= 4 is 47.2 Å². The van der Waals surface area contributed by atoms with Crippen LogP contribution in [0.2, 0.25) is 5.02 Å². The molecule has 126 valence electrons. The normalized spacial score (nSPS) is 11.2. The first-order chi connectivity index (χ1) is 11.3. The summed E-state index contributed by atoms with van der Waals surface area (Å²) in [6, 6.07) is 13.5. The second kappa shape index (κ2) is 8.84. The van der Waals surface area contributed by atoms with E-state index in [-0.39, 0.29) is 24.0 Å². The Kier molecular flexibility index (Phi) is 6.80. The summed E-state index contributed by atoms with van der Waals surface area (Å²) in [5.41, 5.74) is 1.84. The molecule has 0 aliphatic heterocycles. The van der Waals surface area contributed by atoms with E-state index in [1.54, 1.807) is 7.05 Å². The van der Waals surface area contributed by atoms with Crippen molar-refractivity contribution in [1.82, 2.24) is 25.2 Å². The summed E-state index contributed by atoms with van der Waals surface area (Å²) in [4.78, 5) is 4.21. The van der Waals surface area contributed by atoms with E-state index in [4.69, 9.17) is 11.6 Å². The van der Waals surface area contributed by atoms with E-state index in [9.17, 15) is 0 Å². The van der Waals surface area contributed by atoms with Crippen LogP contribution < -0.4 is 10.6 Å². The topological polar surface area (TPSA) is 66.6 Å². The van der Waals surface area contributed by atoms with Crippen molar-refractivity contribution < 1.29 is 0 Å². The van der Waals surface area contributed by atoms with E-state index in [1.165, 1.54) is 0 Å². The molecule has 2 N–H and O–H groups in total.